The van der Waals surface area contributed by atoms with E-state index in [0.717, 1.165) is 5.56 Å². The Hall–Kier alpha value is -2.64. The first-order valence-electron chi connectivity index (χ1n) is 11.9. The normalized spacial score (nSPS) is 20.6. The Morgan fingerprint density at radius 2 is 1.65 bits per heavy atom. The summed E-state index contributed by atoms with van der Waals surface area (Å²) in [6, 6.07) is 16.5. The highest BCUT2D eigenvalue weighted by atomic mass is 35.5. The highest BCUT2D eigenvalue weighted by Crippen LogP contribution is 2.45. The van der Waals surface area contributed by atoms with E-state index < -0.39 is 30.2 Å². The van der Waals surface area contributed by atoms with Gasteiger partial charge in [0.15, 0.2) is 0 Å². The number of halogens is 4. The van der Waals surface area contributed by atoms with Crippen molar-refractivity contribution in [3.05, 3.63) is 104 Å². The van der Waals surface area contributed by atoms with Gasteiger partial charge in [0.25, 0.3) is 5.91 Å². The summed E-state index contributed by atoms with van der Waals surface area (Å²) >= 11 is 18.7. The molecule has 0 aromatic heterocycles. The van der Waals surface area contributed by atoms with Gasteiger partial charge in [-0.15, -0.1) is 0 Å². The van der Waals surface area contributed by atoms with Crippen LogP contribution in [-0.2, 0) is 20.7 Å². The van der Waals surface area contributed by atoms with Crippen LogP contribution in [0.3, 0.4) is 0 Å². The lowest BCUT2D eigenvalue weighted by atomic mass is 9.88. The van der Waals surface area contributed by atoms with E-state index in [9.17, 15) is 14.0 Å². The summed E-state index contributed by atoms with van der Waals surface area (Å²) in [6.07, 6.45) is -0.475. The minimum absolute atomic E-state index is 0.179. The van der Waals surface area contributed by atoms with Gasteiger partial charge in [0.2, 0.25) is 5.91 Å². The molecule has 5 nitrogen and oxygen atoms in total. The predicted molar refractivity (Wildman–Crippen MR) is 143 cm³/mol. The third kappa shape index (κ3) is 6.10. The fourth-order valence-corrected chi connectivity index (χ4v) is 5.15. The summed E-state index contributed by atoms with van der Waals surface area (Å²) in [4.78, 5) is 28.2. The van der Waals surface area contributed by atoms with Gasteiger partial charge in [0.05, 0.1) is 16.1 Å². The number of benzene rings is 3. The van der Waals surface area contributed by atoms with E-state index in [-0.39, 0.29) is 18.1 Å². The molecule has 194 valence electrons. The maximum atomic E-state index is 14.0. The summed E-state index contributed by atoms with van der Waals surface area (Å²) in [6.45, 7) is 1.92. The van der Waals surface area contributed by atoms with E-state index >= 15 is 0 Å². The Morgan fingerprint density at radius 1 is 1.00 bits per heavy atom. The van der Waals surface area contributed by atoms with E-state index in [2.05, 4.69) is 0 Å². The number of morpholine rings is 1. The van der Waals surface area contributed by atoms with Gasteiger partial charge >= 0.3 is 0 Å². The number of ether oxygens (including phenoxy) is 1. The average Bonchev–Trinajstić information content (AvgIpc) is 2.87. The van der Waals surface area contributed by atoms with Crippen molar-refractivity contribution in [1.82, 2.24) is 4.90 Å². The number of carbonyl (C=O) groups is 2. The van der Waals surface area contributed by atoms with Crippen LogP contribution in [0.5, 0.6) is 0 Å². The molecule has 1 heterocycles. The van der Waals surface area contributed by atoms with Crippen molar-refractivity contribution >= 4 is 46.6 Å². The van der Waals surface area contributed by atoms with Crippen molar-refractivity contribution < 1.29 is 18.7 Å². The first-order valence-corrected chi connectivity index (χ1v) is 13.0. The Kier molecular flexibility index (Phi) is 8.75. The summed E-state index contributed by atoms with van der Waals surface area (Å²) in [5.41, 5.74) is 7.96. The van der Waals surface area contributed by atoms with Crippen LogP contribution in [0, 0.1) is 5.82 Å². The predicted octanol–water partition coefficient (Wildman–Crippen LogP) is 6.69. The molecule has 37 heavy (non-hydrogen) atoms. The Bertz CT molecular complexity index is 1270. The molecule has 0 radical (unpaired) electrons. The molecule has 0 aliphatic carbocycles. The van der Waals surface area contributed by atoms with Crippen molar-refractivity contribution in [1.29, 1.82) is 0 Å². The van der Waals surface area contributed by atoms with Crippen LogP contribution >= 0.6 is 34.8 Å². The lowest BCUT2D eigenvalue weighted by molar-refractivity contribution is -0.181. The molecule has 0 saturated carbocycles. The van der Waals surface area contributed by atoms with Gasteiger partial charge in [-0.1, -0.05) is 78.5 Å². The van der Waals surface area contributed by atoms with Crippen LogP contribution < -0.4 is 5.73 Å². The quantitative estimate of drug-likeness (QED) is 0.332. The highest BCUT2D eigenvalue weighted by Gasteiger charge is 2.48. The molecule has 2 N–H and O–H groups in total. The van der Waals surface area contributed by atoms with Gasteiger partial charge in [-0.3, -0.25) is 9.59 Å². The smallest absolute Gasteiger partial charge is 0.253 e. The van der Waals surface area contributed by atoms with Crippen molar-refractivity contribution in [3.8, 4) is 0 Å². The first-order chi connectivity index (χ1) is 17.7. The lowest BCUT2D eigenvalue weighted by Crippen LogP contribution is -2.58. The molecule has 4 rings (SSSR count). The number of amides is 2. The molecule has 3 aromatic rings. The van der Waals surface area contributed by atoms with Gasteiger partial charge < -0.3 is 15.4 Å². The molecule has 3 aromatic carbocycles. The van der Waals surface area contributed by atoms with Crippen molar-refractivity contribution in [2.24, 2.45) is 5.73 Å². The number of nitrogens with two attached hydrogens (primary N) is 1. The second kappa shape index (κ2) is 11.8. The van der Waals surface area contributed by atoms with E-state index in [1.807, 2.05) is 6.92 Å². The van der Waals surface area contributed by atoms with Crippen molar-refractivity contribution in [2.75, 3.05) is 0 Å². The van der Waals surface area contributed by atoms with E-state index in [1.165, 1.54) is 12.1 Å². The number of rotatable bonds is 8. The maximum Gasteiger partial charge on any atom is 0.253 e. The zero-order chi connectivity index (χ0) is 26.7. The summed E-state index contributed by atoms with van der Waals surface area (Å²) < 4.78 is 20.0. The number of hydrogen-bond donors (Lipinski definition) is 1. The molecule has 1 unspecified atom stereocenters. The van der Waals surface area contributed by atoms with Crippen molar-refractivity contribution in [3.63, 3.8) is 0 Å². The number of nitrogens with zero attached hydrogens (tertiary/aromatic N) is 1. The molecule has 9 heteroatoms. The van der Waals surface area contributed by atoms with Crippen LogP contribution in [0.2, 0.25) is 15.1 Å². The second-order valence-electron chi connectivity index (χ2n) is 9.00. The topological polar surface area (TPSA) is 72.6 Å². The van der Waals surface area contributed by atoms with Gasteiger partial charge in [0.1, 0.15) is 24.1 Å². The number of carbonyl (C=O) groups excluding carboxylic acids is 2. The highest BCUT2D eigenvalue weighted by molar-refractivity contribution is 6.42. The van der Waals surface area contributed by atoms with Crippen LogP contribution in [-0.4, -0.2) is 28.9 Å². The largest absolute Gasteiger partial charge is 0.368 e. The monoisotopic (exact) mass is 562 g/mol. The minimum Gasteiger partial charge on any atom is -0.368 e. The molecule has 1 aliphatic rings. The summed E-state index contributed by atoms with van der Waals surface area (Å²) in [7, 11) is 0. The van der Waals surface area contributed by atoms with Crippen LogP contribution in [0.15, 0.2) is 66.7 Å². The van der Waals surface area contributed by atoms with Gasteiger partial charge in [0, 0.05) is 11.4 Å². The van der Waals surface area contributed by atoms with E-state index in [0.29, 0.717) is 39.0 Å². The second-order valence-corrected chi connectivity index (χ2v) is 10.2. The van der Waals surface area contributed by atoms with Crippen molar-refractivity contribution in [2.45, 2.75) is 50.5 Å². The summed E-state index contributed by atoms with van der Waals surface area (Å²) in [5.74, 6) is -1.36. The van der Waals surface area contributed by atoms with Crippen LogP contribution in [0.25, 0.3) is 0 Å². The first kappa shape index (κ1) is 27.4. The molecule has 2 amide bonds. The van der Waals surface area contributed by atoms with Gasteiger partial charge in [-0.05, 0) is 59.5 Å². The Labute approximate surface area is 230 Å². The minimum atomic E-state index is -0.952. The number of hydrogen-bond acceptors (Lipinski definition) is 3. The molecule has 0 spiro atoms. The lowest BCUT2D eigenvalue weighted by Gasteiger charge is -2.47. The van der Waals surface area contributed by atoms with Crippen LogP contribution in [0.4, 0.5) is 4.39 Å². The molecular weight excluding hydrogens is 538 g/mol. The van der Waals surface area contributed by atoms with Gasteiger partial charge in [-0.25, -0.2) is 4.39 Å². The zero-order valence-electron chi connectivity index (χ0n) is 20.0. The fraction of sp³-hybridized carbons (Fsp3) is 0.286. The molecule has 0 bridgehead atoms. The number of primary amides is 1. The van der Waals surface area contributed by atoms with E-state index in [1.54, 1.807) is 59.5 Å². The fourth-order valence-electron chi connectivity index (χ4n) is 4.71. The standard InChI is InChI=1S/C28H26Cl3FN2O3/c1-2-3-23(27(33)35)34-25(17-6-9-19(29)10-7-17)26(18-8-13-21(30)22(31)15-18)37-24(28(34)36)14-16-4-11-20(32)12-5-16/h4-13,15,23-26H,2-3,14H2,1H3,(H2,33,35)/t23?,24-,25+,26-/m0/s1. The van der Waals surface area contributed by atoms with E-state index in [4.69, 9.17) is 45.3 Å². The Balaban J connectivity index is 1.87. The molecule has 1 fully saturated rings. The maximum absolute atomic E-state index is 14.0. The molecule has 4 atom stereocenters. The summed E-state index contributed by atoms with van der Waals surface area (Å²) in [5, 5.41) is 1.23. The Morgan fingerprint density at radius 3 is 2.24 bits per heavy atom. The molecular formula is C28H26Cl3FN2O3. The molecule has 1 saturated heterocycles. The SMILES string of the molecule is CCCC(C(N)=O)N1C(=O)[C@H](Cc2ccc(F)cc2)O[C@@H](c2ccc(Cl)c(Cl)c2)[C@H]1c1ccc(Cl)cc1. The van der Waals surface area contributed by atoms with Gasteiger partial charge in [-0.2, -0.15) is 0 Å². The molecule has 1 aliphatic heterocycles. The third-order valence-corrected chi connectivity index (χ3v) is 7.46. The third-order valence-electron chi connectivity index (χ3n) is 6.47. The van der Waals surface area contributed by atoms with Crippen LogP contribution in [0.1, 0.15) is 48.6 Å². The zero-order valence-corrected chi connectivity index (χ0v) is 22.3. The average molecular weight is 564 g/mol.